The summed E-state index contributed by atoms with van der Waals surface area (Å²) in [5, 5.41) is 1.06. The molecule has 0 amide bonds. The Bertz CT molecular complexity index is 684. The molecule has 0 saturated carbocycles. The Morgan fingerprint density at radius 1 is 1.24 bits per heavy atom. The minimum atomic E-state index is 0.870. The Morgan fingerprint density at radius 2 is 2.06 bits per heavy atom. The third kappa shape index (κ3) is 1.45. The molecule has 0 bridgehead atoms. The van der Waals surface area contributed by atoms with Crippen LogP contribution in [0.1, 0.15) is 19.2 Å². The first-order chi connectivity index (χ1) is 8.31. The molecule has 0 aliphatic carbocycles. The second-order valence-electron chi connectivity index (χ2n) is 4.16. The average Bonchev–Trinajstić information content (AvgIpc) is 2.67. The largest absolute Gasteiger partial charge is 0.337 e. The molecule has 0 unspecified atom stereocenters. The Morgan fingerprint density at radius 3 is 2.88 bits per heavy atom. The van der Waals surface area contributed by atoms with Gasteiger partial charge >= 0.3 is 0 Å². The van der Waals surface area contributed by atoms with Crippen molar-refractivity contribution in [2.75, 3.05) is 5.84 Å². The van der Waals surface area contributed by atoms with E-state index in [9.17, 15) is 0 Å². The van der Waals surface area contributed by atoms with Crippen LogP contribution < -0.4 is 5.84 Å². The zero-order valence-corrected chi connectivity index (χ0v) is 9.72. The van der Waals surface area contributed by atoms with Crippen molar-refractivity contribution in [3.8, 4) is 0 Å². The fraction of sp³-hybridized carbons (Fsp3) is 0.231. The topological polar surface area (TPSA) is 56.7 Å². The van der Waals surface area contributed by atoms with Crippen molar-refractivity contribution >= 4 is 21.9 Å². The van der Waals surface area contributed by atoms with Crippen LogP contribution in [-0.4, -0.2) is 14.6 Å². The third-order valence-corrected chi connectivity index (χ3v) is 2.97. The molecular formula is C13H14N4. The number of hydrogen-bond donors (Lipinski definition) is 1. The van der Waals surface area contributed by atoms with Crippen molar-refractivity contribution < 1.29 is 0 Å². The number of pyridine rings is 1. The highest BCUT2D eigenvalue weighted by molar-refractivity contribution is 6.02. The van der Waals surface area contributed by atoms with Crippen LogP contribution in [0.2, 0.25) is 0 Å². The van der Waals surface area contributed by atoms with E-state index in [4.69, 9.17) is 5.84 Å². The van der Waals surface area contributed by atoms with Gasteiger partial charge in [0.25, 0.3) is 0 Å². The van der Waals surface area contributed by atoms with Gasteiger partial charge in [0.15, 0.2) is 0 Å². The van der Waals surface area contributed by atoms with E-state index in [1.165, 1.54) is 0 Å². The quantitative estimate of drug-likeness (QED) is 0.682. The number of benzene rings is 1. The molecule has 0 fully saturated rings. The molecule has 2 N–H and O–H groups in total. The SMILES string of the molecule is CCCc1nc2cnc3ccccc3c2n1N. The number of fused-ring (bicyclic) bond motifs is 3. The summed E-state index contributed by atoms with van der Waals surface area (Å²) in [5.74, 6) is 7.03. The van der Waals surface area contributed by atoms with Gasteiger partial charge < -0.3 is 5.84 Å². The van der Waals surface area contributed by atoms with Gasteiger partial charge in [-0.1, -0.05) is 25.1 Å². The van der Waals surface area contributed by atoms with Crippen molar-refractivity contribution in [1.29, 1.82) is 0 Å². The maximum absolute atomic E-state index is 6.12. The molecule has 17 heavy (non-hydrogen) atoms. The van der Waals surface area contributed by atoms with Crippen LogP contribution in [-0.2, 0) is 6.42 Å². The van der Waals surface area contributed by atoms with E-state index in [0.717, 1.165) is 40.6 Å². The maximum atomic E-state index is 6.12. The molecule has 0 aliphatic rings. The fourth-order valence-electron chi connectivity index (χ4n) is 2.17. The van der Waals surface area contributed by atoms with Crippen molar-refractivity contribution in [1.82, 2.24) is 14.6 Å². The van der Waals surface area contributed by atoms with E-state index >= 15 is 0 Å². The molecule has 4 nitrogen and oxygen atoms in total. The Labute approximate surface area is 99.1 Å². The van der Waals surface area contributed by atoms with Gasteiger partial charge in [-0.3, -0.25) is 4.98 Å². The summed E-state index contributed by atoms with van der Waals surface area (Å²) in [6.45, 7) is 2.12. The van der Waals surface area contributed by atoms with Gasteiger partial charge in [-0.2, -0.15) is 0 Å². The summed E-state index contributed by atoms with van der Waals surface area (Å²) in [4.78, 5) is 8.92. The van der Waals surface area contributed by atoms with Gasteiger partial charge in [0.05, 0.1) is 11.7 Å². The Balaban J connectivity index is 2.41. The lowest BCUT2D eigenvalue weighted by Crippen LogP contribution is -2.12. The van der Waals surface area contributed by atoms with Crippen LogP contribution in [0, 0.1) is 0 Å². The number of nitrogen functional groups attached to an aromatic ring is 1. The molecule has 4 heteroatoms. The van der Waals surface area contributed by atoms with Gasteiger partial charge in [-0.15, -0.1) is 0 Å². The van der Waals surface area contributed by atoms with Crippen LogP contribution in [0.15, 0.2) is 30.5 Å². The number of imidazole rings is 1. The van der Waals surface area contributed by atoms with Crippen molar-refractivity contribution in [2.24, 2.45) is 0 Å². The van der Waals surface area contributed by atoms with E-state index in [1.807, 2.05) is 24.3 Å². The second-order valence-corrected chi connectivity index (χ2v) is 4.16. The standard InChI is InChI=1S/C13H14N4/c1-2-5-12-16-11-8-15-10-7-4-3-6-9(10)13(11)17(12)14/h3-4,6-8H,2,5,14H2,1H3. The number of rotatable bonds is 2. The van der Waals surface area contributed by atoms with Crippen molar-refractivity contribution in [2.45, 2.75) is 19.8 Å². The molecule has 0 saturated heterocycles. The number of aryl methyl sites for hydroxylation is 1. The average molecular weight is 226 g/mol. The fourth-order valence-corrected chi connectivity index (χ4v) is 2.17. The zero-order valence-electron chi connectivity index (χ0n) is 9.72. The Hall–Kier alpha value is -2.10. The minimum Gasteiger partial charge on any atom is -0.337 e. The zero-order chi connectivity index (χ0) is 11.8. The van der Waals surface area contributed by atoms with Crippen molar-refractivity contribution in [3.05, 3.63) is 36.3 Å². The summed E-state index contributed by atoms with van der Waals surface area (Å²) in [6.07, 6.45) is 3.71. The molecule has 1 aromatic carbocycles. The minimum absolute atomic E-state index is 0.870. The smallest absolute Gasteiger partial charge is 0.128 e. The predicted molar refractivity (Wildman–Crippen MR) is 69.2 cm³/mol. The molecule has 2 aromatic heterocycles. The number of nitrogens with two attached hydrogens (primary N) is 1. The first-order valence-electron chi connectivity index (χ1n) is 5.81. The number of para-hydroxylation sites is 1. The predicted octanol–water partition coefficient (Wildman–Crippen LogP) is 2.25. The van der Waals surface area contributed by atoms with Crippen LogP contribution in [0.25, 0.3) is 21.9 Å². The summed E-state index contributed by atoms with van der Waals surface area (Å²) in [7, 11) is 0. The van der Waals surface area contributed by atoms with Gasteiger partial charge in [0, 0.05) is 11.8 Å². The lowest BCUT2D eigenvalue weighted by molar-refractivity contribution is 0.802. The molecule has 0 radical (unpaired) electrons. The summed E-state index contributed by atoms with van der Waals surface area (Å²) < 4.78 is 1.70. The van der Waals surface area contributed by atoms with Crippen LogP contribution >= 0.6 is 0 Å². The summed E-state index contributed by atoms with van der Waals surface area (Å²) in [6, 6.07) is 7.99. The maximum Gasteiger partial charge on any atom is 0.128 e. The molecule has 86 valence electrons. The van der Waals surface area contributed by atoms with Gasteiger partial charge in [0.1, 0.15) is 16.9 Å². The lowest BCUT2D eigenvalue weighted by Gasteiger charge is -2.02. The van der Waals surface area contributed by atoms with Gasteiger partial charge in [0.2, 0.25) is 0 Å². The highest BCUT2D eigenvalue weighted by Crippen LogP contribution is 2.23. The van der Waals surface area contributed by atoms with E-state index in [-0.39, 0.29) is 0 Å². The van der Waals surface area contributed by atoms with Crippen LogP contribution in [0.5, 0.6) is 0 Å². The first kappa shape index (κ1) is 10.1. The van der Waals surface area contributed by atoms with Crippen LogP contribution in [0.3, 0.4) is 0 Å². The van der Waals surface area contributed by atoms with Crippen LogP contribution in [0.4, 0.5) is 0 Å². The lowest BCUT2D eigenvalue weighted by atomic mass is 10.2. The molecule has 3 rings (SSSR count). The van der Waals surface area contributed by atoms with E-state index in [1.54, 1.807) is 10.9 Å². The summed E-state index contributed by atoms with van der Waals surface area (Å²) in [5.41, 5.74) is 2.79. The summed E-state index contributed by atoms with van der Waals surface area (Å²) >= 11 is 0. The van der Waals surface area contributed by atoms with E-state index in [2.05, 4.69) is 16.9 Å². The molecule has 2 heterocycles. The van der Waals surface area contributed by atoms with Gasteiger partial charge in [-0.05, 0) is 12.5 Å². The van der Waals surface area contributed by atoms with Gasteiger partial charge in [-0.25, -0.2) is 9.66 Å². The molecule has 0 aliphatic heterocycles. The third-order valence-electron chi connectivity index (χ3n) is 2.97. The molecule has 0 atom stereocenters. The number of aromatic nitrogens is 3. The molecule has 3 aromatic rings. The highest BCUT2D eigenvalue weighted by atomic mass is 15.3. The monoisotopic (exact) mass is 226 g/mol. The molecule has 0 spiro atoms. The van der Waals surface area contributed by atoms with Crippen molar-refractivity contribution in [3.63, 3.8) is 0 Å². The normalized spacial score (nSPS) is 11.4. The molecular weight excluding hydrogens is 212 g/mol. The number of hydrogen-bond acceptors (Lipinski definition) is 3. The second kappa shape index (κ2) is 3.73. The number of nitrogens with zero attached hydrogens (tertiary/aromatic N) is 3. The Kier molecular flexibility index (Phi) is 2.21. The first-order valence-corrected chi connectivity index (χ1v) is 5.81. The van der Waals surface area contributed by atoms with E-state index < -0.39 is 0 Å². The highest BCUT2D eigenvalue weighted by Gasteiger charge is 2.11. The van der Waals surface area contributed by atoms with E-state index in [0.29, 0.717) is 0 Å².